The Morgan fingerprint density at radius 2 is 2.11 bits per heavy atom. The van der Waals surface area contributed by atoms with Gasteiger partial charge in [-0.15, -0.1) is 6.58 Å². The molecule has 148 valence electrons. The molecule has 1 saturated carbocycles. The zero-order valence-electron chi connectivity index (χ0n) is 16.2. The molecule has 0 radical (unpaired) electrons. The molecule has 1 heterocycles. The third-order valence-electron chi connectivity index (χ3n) is 4.47. The average molecular weight is 382 g/mol. The van der Waals surface area contributed by atoms with Gasteiger partial charge in [0.2, 0.25) is 5.91 Å². The van der Waals surface area contributed by atoms with Crippen molar-refractivity contribution >= 4 is 17.6 Å². The highest BCUT2D eigenvalue weighted by Gasteiger charge is 2.30. The molecule has 1 aliphatic carbocycles. The van der Waals surface area contributed by atoms with E-state index in [1.165, 1.54) is 10.7 Å². The second-order valence-electron chi connectivity index (χ2n) is 7.49. The highest BCUT2D eigenvalue weighted by Crippen LogP contribution is 2.42. The summed E-state index contributed by atoms with van der Waals surface area (Å²) in [5, 5.41) is 20.3. The summed E-state index contributed by atoms with van der Waals surface area (Å²) in [7, 11) is 0. The van der Waals surface area contributed by atoms with Crippen LogP contribution in [0.5, 0.6) is 5.75 Å². The molecule has 1 aromatic heterocycles. The number of benzene rings is 1. The fourth-order valence-electron chi connectivity index (χ4n) is 3.00. The lowest BCUT2D eigenvalue weighted by atomic mass is 10.1. The molecule has 0 spiro atoms. The molecule has 7 nitrogen and oxygen atoms in total. The second kappa shape index (κ2) is 8.29. The minimum atomic E-state index is -0.325. The van der Waals surface area contributed by atoms with Gasteiger partial charge in [-0.2, -0.15) is 9.78 Å². The van der Waals surface area contributed by atoms with Crippen molar-refractivity contribution in [3.8, 4) is 17.0 Å². The third kappa shape index (κ3) is 4.60. The molecule has 1 aliphatic rings. The molecule has 28 heavy (non-hydrogen) atoms. The van der Waals surface area contributed by atoms with Gasteiger partial charge in [-0.25, -0.2) is 4.79 Å². The molecule has 3 N–H and O–H groups in total. The van der Waals surface area contributed by atoms with Gasteiger partial charge in [0.15, 0.2) is 0 Å². The van der Waals surface area contributed by atoms with Crippen LogP contribution in [-0.4, -0.2) is 33.4 Å². The fourth-order valence-corrected chi connectivity index (χ4v) is 3.00. The van der Waals surface area contributed by atoms with Gasteiger partial charge in [0.1, 0.15) is 5.75 Å². The van der Waals surface area contributed by atoms with Crippen molar-refractivity contribution in [2.45, 2.75) is 39.0 Å². The van der Waals surface area contributed by atoms with Crippen molar-refractivity contribution in [1.82, 2.24) is 15.1 Å². The smallest absolute Gasteiger partial charge is 0.342 e. The fraction of sp³-hybridized carbons (Fsp3) is 0.381. The van der Waals surface area contributed by atoms with Crippen LogP contribution in [0, 0.1) is 5.92 Å². The van der Waals surface area contributed by atoms with E-state index in [1.807, 2.05) is 19.9 Å². The van der Waals surface area contributed by atoms with Crippen LogP contribution in [0.25, 0.3) is 11.3 Å². The van der Waals surface area contributed by atoms with Crippen LogP contribution in [0.1, 0.15) is 44.7 Å². The second-order valence-corrected chi connectivity index (χ2v) is 7.49. The Morgan fingerprint density at radius 1 is 1.36 bits per heavy atom. The van der Waals surface area contributed by atoms with E-state index in [2.05, 4.69) is 22.3 Å². The minimum absolute atomic E-state index is 0.0420. The van der Waals surface area contributed by atoms with Gasteiger partial charge in [-0.05, 0) is 43.0 Å². The van der Waals surface area contributed by atoms with Crippen LogP contribution in [-0.2, 0) is 4.79 Å². The first-order valence-corrected chi connectivity index (χ1v) is 9.51. The van der Waals surface area contributed by atoms with E-state index >= 15 is 0 Å². The van der Waals surface area contributed by atoms with Gasteiger partial charge in [0.05, 0.1) is 11.4 Å². The summed E-state index contributed by atoms with van der Waals surface area (Å²) in [6.07, 6.45) is 4.04. The largest absolute Gasteiger partial charge is 0.507 e. The van der Waals surface area contributed by atoms with Crippen LogP contribution in [0.4, 0.5) is 10.5 Å². The van der Waals surface area contributed by atoms with Crippen molar-refractivity contribution in [3.63, 3.8) is 0 Å². The lowest BCUT2D eigenvalue weighted by molar-refractivity contribution is -0.116. The summed E-state index contributed by atoms with van der Waals surface area (Å²) >= 11 is 0. The SMILES string of the molecule is C=CCNC(=O)n1nc(-c2cc(NC(=O)CC(C)C)ccc2O)cc1C1CC1. The van der Waals surface area contributed by atoms with Gasteiger partial charge in [0.25, 0.3) is 0 Å². The summed E-state index contributed by atoms with van der Waals surface area (Å²) < 4.78 is 1.36. The van der Waals surface area contributed by atoms with Crippen LogP contribution in [0.2, 0.25) is 0 Å². The number of phenolic OH excluding ortho intramolecular Hbond substituents is 1. The Labute approximate surface area is 164 Å². The third-order valence-corrected chi connectivity index (χ3v) is 4.47. The zero-order valence-corrected chi connectivity index (χ0v) is 16.2. The molecule has 1 fully saturated rings. The van der Waals surface area contributed by atoms with Gasteiger partial charge < -0.3 is 15.7 Å². The van der Waals surface area contributed by atoms with Crippen LogP contribution >= 0.6 is 0 Å². The number of nitrogens with zero attached hydrogens (tertiary/aromatic N) is 2. The van der Waals surface area contributed by atoms with Crippen LogP contribution in [0.15, 0.2) is 36.9 Å². The van der Waals surface area contributed by atoms with Crippen molar-refractivity contribution < 1.29 is 14.7 Å². The Hall–Kier alpha value is -3.09. The lowest BCUT2D eigenvalue weighted by Crippen LogP contribution is -2.30. The van der Waals surface area contributed by atoms with Crippen molar-refractivity contribution in [3.05, 3.63) is 42.6 Å². The molecule has 7 heteroatoms. The highest BCUT2D eigenvalue weighted by atomic mass is 16.3. The quantitative estimate of drug-likeness (QED) is 0.500. The highest BCUT2D eigenvalue weighted by molar-refractivity contribution is 5.92. The minimum Gasteiger partial charge on any atom is -0.507 e. The Balaban J connectivity index is 1.90. The Morgan fingerprint density at radius 3 is 2.75 bits per heavy atom. The molecule has 2 aromatic rings. The number of hydrogen-bond donors (Lipinski definition) is 3. The first-order valence-electron chi connectivity index (χ1n) is 9.51. The van der Waals surface area contributed by atoms with E-state index in [0.717, 1.165) is 18.5 Å². The van der Waals surface area contributed by atoms with Gasteiger partial charge in [-0.3, -0.25) is 4.79 Å². The number of phenols is 1. The monoisotopic (exact) mass is 382 g/mol. The molecule has 0 saturated heterocycles. The molecule has 0 bridgehead atoms. The predicted molar refractivity (Wildman–Crippen MR) is 108 cm³/mol. The molecule has 0 aliphatic heterocycles. The number of anilines is 1. The number of aromatic hydroxyl groups is 1. The zero-order chi connectivity index (χ0) is 20.3. The van der Waals surface area contributed by atoms with Gasteiger partial charge in [-0.1, -0.05) is 19.9 Å². The normalized spacial score (nSPS) is 13.4. The van der Waals surface area contributed by atoms with E-state index in [4.69, 9.17) is 0 Å². The summed E-state index contributed by atoms with van der Waals surface area (Å²) in [5.41, 5.74) is 2.37. The average Bonchev–Trinajstić information content (AvgIpc) is 3.39. The first kappa shape index (κ1) is 19.7. The molecular weight excluding hydrogens is 356 g/mol. The maximum Gasteiger partial charge on any atom is 0.342 e. The van der Waals surface area contributed by atoms with E-state index in [9.17, 15) is 14.7 Å². The maximum absolute atomic E-state index is 12.4. The lowest BCUT2D eigenvalue weighted by Gasteiger charge is -2.09. The van der Waals surface area contributed by atoms with Crippen molar-refractivity contribution in [2.24, 2.45) is 5.92 Å². The van der Waals surface area contributed by atoms with E-state index in [-0.39, 0.29) is 23.6 Å². The molecular formula is C21H26N4O3. The number of carbonyl (C=O) groups excluding carboxylic acids is 2. The Bertz CT molecular complexity index is 897. The Kier molecular flexibility index (Phi) is 5.82. The number of amides is 2. The molecule has 0 unspecified atom stereocenters. The summed E-state index contributed by atoms with van der Waals surface area (Å²) in [4.78, 5) is 24.5. The maximum atomic E-state index is 12.4. The van der Waals surface area contributed by atoms with E-state index < -0.39 is 0 Å². The molecule has 1 aromatic carbocycles. The van der Waals surface area contributed by atoms with Gasteiger partial charge >= 0.3 is 6.03 Å². The van der Waals surface area contributed by atoms with Crippen LogP contribution < -0.4 is 10.6 Å². The number of hydrogen-bond acceptors (Lipinski definition) is 4. The van der Waals surface area contributed by atoms with E-state index in [0.29, 0.717) is 35.8 Å². The standard InChI is InChI=1S/C21H26N4O3/c1-4-9-22-21(28)25-18(14-5-6-14)12-17(24-25)16-11-15(7-8-19(16)26)23-20(27)10-13(2)3/h4,7-8,11-14,26H,1,5-6,9-10H2,2-3H3,(H,22,28)(H,23,27). The number of aromatic nitrogens is 2. The van der Waals surface area contributed by atoms with Crippen molar-refractivity contribution in [1.29, 1.82) is 0 Å². The number of rotatable bonds is 7. The van der Waals surface area contributed by atoms with Crippen LogP contribution in [0.3, 0.4) is 0 Å². The topological polar surface area (TPSA) is 96.3 Å². The van der Waals surface area contributed by atoms with Crippen molar-refractivity contribution in [2.75, 3.05) is 11.9 Å². The number of carbonyl (C=O) groups is 2. The first-order chi connectivity index (χ1) is 13.4. The molecule has 3 rings (SSSR count). The predicted octanol–water partition coefficient (Wildman–Crippen LogP) is 3.86. The number of nitrogens with one attached hydrogen (secondary N) is 2. The molecule has 0 atom stereocenters. The summed E-state index contributed by atoms with van der Waals surface area (Å²) in [6, 6.07) is 6.35. The summed E-state index contributed by atoms with van der Waals surface area (Å²) in [5.74, 6) is 0.509. The van der Waals surface area contributed by atoms with Gasteiger partial charge in [0, 0.05) is 30.1 Å². The summed E-state index contributed by atoms with van der Waals surface area (Å²) in [6.45, 7) is 7.90. The molecule has 2 amide bonds. The van der Waals surface area contributed by atoms with E-state index in [1.54, 1.807) is 18.2 Å².